The zero-order valence-corrected chi connectivity index (χ0v) is 18.9. The molecule has 0 saturated carbocycles. The summed E-state index contributed by atoms with van der Waals surface area (Å²) in [6, 6.07) is 7.40. The Kier molecular flexibility index (Phi) is 6.13. The lowest BCUT2D eigenvalue weighted by atomic mass is 9.97. The summed E-state index contributed by atoms with van der Waals surface area (Å²) in [4.78, 5) is 28.5. The van der Waals surface area contributed by atoms with Crippen LogP contribution in [0.1, 0.15) is 46.6 Å². The lowest BCUT2D eigenvalue weighted by Gasteiger charge is -2.25. The van der Waals surface area contributed by atoms with Crippen LogP contribution < -0.4 is 10.2 Å². The van der Waals surface area contributed by atoms with Gasteiger partial charge in [0.15, 0.2) is 16.9 Å². The molecule has 1 amide bonds. The Morgan fingerprint density at radius 3 is 2.72 bits per heavy atom. The molecule has 0 radical (unpaired) electrons. The Morgan fingerprint density at radius 2 is 2.00 bits per heavy atom. The van der Waals surface area contributed by atoms with Crippen molar-refractivity contribution in [1.82, 2.24) is 4.90 Å². The fraction of sp³-hybridized carbons (Fsp3) is 0.333. The summed E-state index contributed by atoms with van der Waals surface area (Å²) in [7, 11) is 1.59. The van der Waals surface area contributed by atoms with Crippen molar-refractivity contribution in [2.75, 3.05) is 26.9 Å². The fourth-order valence-corrected chi connectivity index (χ4v) is 4.23. The van der Waals surface area contributed by atoms with Crippen LogP contribution in [0.2, 0.25) is 5.02 Å². The molecule has 0 fully saturated rings. The molecule has 32 heavy (non-hydrogen) atoms. The number of aromatic hydroxyl groups is 1. The highest BCUT2D eigenvalue weighted by atomic mass is 35.5. The van der Waals surface area contributed by atoms with Gasteiger partial charge < -0.3 is 23.9 Å². The second kappa shape index (κ2) is 8.84. The van der Waals surface area contributed by atoms with Gasteiger partial charge in [0.1, 0.15) is 5.58 Å². The predicted molar refractivity (Wildman–Crippen MR) is 121 cm³/mol. The zero-order chi connectivity index (χ0) is 23.0. The van der Waals surface area contributed by atoms with E-state index in [4.69, 9.17) is 25.5 Å². The molecule has 0 bridgehead atoms. The molecule has 1 atom stereocenters. The monoisotopic (exact) mass is 457 g/mol. The van der Waals surface area contributed by atoms with Crippen molar-refractivity contribution in [3.8, 4) is 11.5 Å². The van der Waals surface area contributed by atoms with Gasteiger partial charge in [-0.15, -0.1) is 0 Å². The van der Waals surface area contributed by atoms with Crippen molar-refractivity contribution in [3.63, 3.8) is 0 Å². The van der Waals surface area contributed by atoms with E-state index < -0.39 is 6.04 Å². The van der Waals surface area contributed by atoms with Crippen LogP contribution in [0.5, 0.6) is 11.5 Å². The van der Waals surface area contributed by atoms with E-state index in [1.807, 2.05) is 13.8 Å². The molecule has 1 aliphatic heterocycles. The predicted octanol–water partition coefficient (Wildman–Crippen LogP) is 4.44. The molecular weight excluding hydrogens is 434 g/mol. The summed E-state index contributed by atoms with van der Waals surface area (Å²) < 4.78 is 16.6. The zero-order valence-electron chi connectivity index (χ0n) is 18.1. The van der Waals surface area contributed by atoms with Gasteiger partial charge in [0.25, 0.3) is 5.91 Å². The molecule has 1 aromatic heterocycles. The van der Waals surface area contributed by atoms with Gasteiger partial charge in [0.2, 0.25) is 5.76 Å². The van der Waals surface area contributed by atoms with Crippen LogP contribution in [-0.4, -0.2) is 42.8 Å². The van der Waals surface area contributed by atoms with E-state index in [0.29, 0.717) is 47.7 Å². The number of hydrogen-bond acceptors (Lipinski definition) is 6. The van der Waals surface area contributed by atoms with Crippen molar-refractivity contribution in [1.29, 1.82) is 0 Å². The first-order chi connectivity index (χ1) is 15.4. The minimum atomic E-state index is -0.685. The van der Waals surface area contributed by atoms with Gasteiger partial charge >= 0.3 is 0 Å². The molecule has 2 heterocycles. The van der Waals surface area contributed by atoms with Crippen molar-refractivity contribution in [2.45, 2.75) is 26.3 Å². The first-order valence-electron chi connectivity index (χ1n) is 10.4. The molecular formula is C24H24ClNO6. The van der Waals surface area contributed by atoms with Crippen LogP contribution in [0.3, 0.4) is 0 Å². The minimum absolute atomic E-state index is 0.0149. The molecule has 0 spiro atoms. The third-order valence-electron chi connectivity index (χ3n) is 5.59. The molecule has 8 heteroatoms. The number of halogens is 1. The summed E-state index contributed by atoms with van der Waals surface area (Å²) in [6.07, 6.45) is 0.585. The van der Waals surface area contributed by atoms with Crippen LogP contribution in [0.15, 0.2) is 39.5 Å². The van der Waals surface area contributed by atoms with Crippen molar-refractivity contribution in [3.05, 3.63) is 68.0 Å². The van der Waals surface area contributed by atoms with Crippen molar-refractivity contribution < 1.29 is 23.8 Å². The topological polar surface area (TPSA) is 89.2 Å². The molecule has 0 aliphatic carbocycles. The number of carbonyl (C=O) groups excluding carboxylic acids is 1. The highest BCUT2D eigenvalue weighted by molar-refractivity contribution is 6.32. The minimum Gasteiger partial charge on any atom is -0.504 e. The molecule has 168 valence electrons. The largest absolute Gasteiger partial charge is 0.504 e. The first-order valence-corrected chi connectivity index (χ1v) is 10.8. The van der Waals surface area contributed by atoms with Gasteiger partial charge in [-0.3, -0.25) is 9.59 Å². The molecule has 1 aliphatic rings. The maximum atomic E-state index is 13.6. The van der Waals surface area contributed by atoms with E-state index in [9.17, 15) is 14.7 Å². The molecule has 7 nitrogen and oxygen atoms in total. The maximum absolute atomic E-state index is 13.6. The summed E-state index contributed by atoms with van der Waals surface area (Å²) in [6.45, 7) is 4.80. The van der Waals surface area contributed by atoms with Gasteiger partial charge in [0, 0.05) is 25.3 Å². The van der Waals surface area contributed by atoms with E-state index in [-0.39, 0.29) is 34.2 Å². The third-order valence-corrected chi connectivity index (χ3v) is 6.00. The quantitative estimate of drug-likeness (QED) is 0.527. The SMILES string of the molecule is CCOc1cc([C@H]2c3c(oc4cc(C)c(Cl)cc4c3=O)C(=O)N2CCCOC)ccc1O. The lowest BCUT2D eigenvalue weighted by molar-refractivity contribution is 0.0707. The number of aryl methyl sites for hydroxylation is 1. The number of nitrogens with zero attached hydrogens (tertiary/aromatic N) is 1. The van der Waals surface area contributed by atoms with Crippen LogP contribution in [-0.2, 0) is 4.74 Å². The number of phenols is 1. The van der Waals surface area contributed by atoms with Crippen LogP contribution in [0, 0.1) is 6.92 Å². The average molecular weight is 458 g/mol. The summed E-state index contributed by atoms with van der Waals surface area (Å²) in [5.41, 5.74) is 1.67. The van der Waals surface area contributed by atoms with E-state index in [2.05, 4.69) is 0 Å². The molecule has 3 aromatic rings. The lowest BCUT2D eigenvalue weighted by Crippen LogP contribution is -2.31. The van der Waals surface area contributed by atoms with Gasteiger partial charge in [-0.1, -0.05) is 17.7 Å². The van der Waals surface area contributed by atoms with Gasteiger partial charge in [-0.05, 0) is 55.7 Å². The number of amides is 1. The van der Waals surface area contributed by atoms with E-state index in [0.717, 1.165) is 5.56 Å². The number of fused-ring (bicyclic) bond motifs is 2. The van der Waals surface area contributed by atoms with Crippen LogP contribution in [0.25, 0.3) is 11.0 Å². The number of rotatable bonds is 7. The Labute approximate surface area is 190 Å². The highest BCUT2D eigenvalue weighted by Crippen LogP contribution is 2.41. The Hall–Kier alpha value is -3.03. The molecule has 1 N–H and O–H groups in total. The van der Waals surface area contributed by atoms with Gasteiger partial charge in [-0.25, -0.2) is 0 Å². The second-order valence-electron chi connectivity index (χ2n) is 7.68. The van der Waals surface area contributed by atoms with Crippen molar-refractivity contribution >= 4 is 28.5 Å². The van der Waals surface area contributed by atoms with E-state index in [1.165, 1.54) is 6.07 Å². The number of hydrogen-bond donors (Lipinski definition) is 1. The fourth-order valence-electron chi connectivity index (χ4n) is 4.07. The normalized spacial score (nSPS) is 15.4. The highest BCUT2D eigenvalue weighted by Gasteiger charge is 2.42. The maximum Gasteiger partial charge on any atom is 0.290 e. The smallest absolute Gasteiger partial charge is 0.290 e. The summed E-state index contributed by atoms with van der Waals surface area (Å²) >= 11 is 6.26. The Bertz CT molecular complexity index is 1250. The van der Waals surface area contributed by atoms with Gasteiger partial charge in [0.05, 0.1) is 23.6 Å². The molecule has 2 aromatic carbocycles. The molecule has 4 rings (SSSR count). The average Bonchev–Trinajstić information content (AvgIpc) is 3.04. The third kappa shape index (κ3) is 3.72. The number of phenolic OH excluding ortho intramolecular Hbond substituents is 1. The Morgan fingerprint density at radius 1 is 1.22 bits per heavy atom. The molecule has 0 saturated heterocycles. The van der Waals surface area contributed by atoms with Crippen LogP contribution >= 0.6 is 11.6 Å². The van der Waals surface area contributed by atoms with Crippen molar-refractivity contribution in [2.24, 2.45) is 0 Å². The standard InChI is InChI=1S/C24H24ClNO6/c1-4-31-19-11-14(6-7-17(19)27)21-20-22(28)15-12-16(25)13(2)10-18(15)32-23(20)24(29)26(21)8-5-9-30-3/h6-7,10-12,21,27H,4-5,8-9H2,1-3H3/t21-/m0/s1. The van der Waals surface area contributed by atoms with Crippen LogP contribution in [0.4, 0.5) is 0 Å². The second-order valence-corrected chi connectivity index (χ2v) is 8.09. The number of methoxy groups -OCH3 is 1. The number of carbonyl (C=O) groups is 1. The molecule has 0 unspecified atom stereocenters. The summed E-state index contributed by atoms with van der Waals surface area (Å²) in [5.74, 6) is -0.0677. The first kappa shape index (κ1) is 22.2. The number of ether oxygens (including phenoxy) is 2. The van der Waals surface area contributed by atoms with E-state index in [1.54, 1.807) is 36.3 Å². The summed E-state index contributed by atoms with van der Waals surface area (Å²) in [5, 5.41) is 10.9. The van der Waals surface area contributed by atoms with E-state index >= 15 is 0 Å². The number of benzene rings is 2. The Balaban J connectivity index is 1.93. The van der Waals surface area contributed by atoms with Gasteiger partial charge in [-0.2, -0.15) is 0 Å².